The van der Waals surface area contributed by atoms with Crippen molar-refractivity contribution in [2.24, 2.45) is 0 Å². The van der Waals surface area contributed by atoms with Crippen molar-refractivity contribution >= 4 is 29.4 Å². The van der Waals surface area contributed by atoms with Crippen molar-refractivity contribution in [3.8, 4) is 5.75 Å². The number of fused-ring (bicyclic) bond motifs is 1. The van der Waals surface area contributed by atoms with E-state index in [0.29, 0.717) is 11.4 Å². The normalized spacial score (nSPS) is 12.6. The van der Waals surface area contributed by atoms with Crippen LogP contribution in [0.4, 0.5) is 5.69 Å². The number of carbonyl (C=O) groups excluding carboxylic acids is 4. The van der Waals surface area contributed by atoms with Gasteiger partial charge in [-0.1, -0.05) is 12.1 Å². The Morgan fingerprint density at radius 2 is 1.75 bits per heavy atom. The third-order valence-electron chi connectivity index (χ3n) is 4.08. The highest BCUT2D eigenvalue weighted by Crippen LogP contribution is 2.24. The van der Waals surface area contributed by atoms with E-state index in [4.69, 9.17) is 9.47 Å². The molecule has 1 aliphatic heterocycles. The minimum atomic E-state index is -0.687. The highest BCUT2D eigenvalue weighted by molar-refractivity contribution is 6.21. The van der Waals surface area contributed by atoms with Gasteiger partial charge in [-0.25, -0.2) is 4.79 Å². The third kappa shape index (κ3) is 4.17. The standard InChI is InChI=1S/C20H18N2O6/c1-12-4-3-5-14(8-12)27-11-18(24)28-10-17(23)21-13-6-7-15-16(9-13)20(26)22(2)19(15)25/h3-9H,10-11H2,1-2H3,(H,21,23). The molecule has 28 heavy (non-hydrogen) atoms. The second-order valence-corrected chi connectivity index (χ2v) is 6.24. The highest BCUT2D eigenvalue weighted by Gasteiger charge is 2.32. The Kier molecular flexibility index (Phi) is 5.39. The van der Waals surface area contributed by atoms with Crippen molar-refractivity contribution in [1.82, 2.24) is 4.90 Å². The van der Waals surface area contributed by atoms with Crippen LogP contribution < -0.4 is 10.1 Å². The van der Waals surface area contributed by atoms with Gasteiger partial charge < -0.3 is 14.8 Å². The van der Waals surface area contributed by atoms with E-state index in [2.05, 4.69) is 5.32 Å². The van der Waals surface area contributed by atoms with Gasteiger partial charge in [-0.2, -0.15) is 0 Å². The first-order chi connectivity index (χ1) is 13.3. The lowest BCUT2D eigenvalue weighted by Gasteiger charge is -2.09. The number of nitrogens with zero attached hydrogens (tertiary/aromatic N) is 1. The first kappa shape index (κ1) is 19.1. The molecule has 0 atom stereocenters. The molecule has 3 rings (SSSR count). The molecule has 0 unspecified atom stereocenters. The van der Waals surface area contributed by atoms with Gasteiger partial charge in [-0.15, -0.1) is 0 Å². The van der Waals surface area contributed by atoms with Gasteiger partial charge >= 0.3 is 5.97 Å². The molecule has 8 nitrogen and oxygen atoms in total. The minimum Gasteiger partial charge on any atom is -0.482 e. The van der Waals surface area contributed by atoms with Gasteiger partial charge in [0.05, 0.1) is 11.1 Å². The van der Waals surface area contributed by atoms with Crippen LogP contribution in [0.15, 0.2) is 42.5 Å². The number of rotatable bonds is 6. The molecule has 3 amide bonds. The monoisotopic (exact) mass is 382 g/mol. The van der Waals surface area contributed by atoms with Crippen molar-refractivity contribution in [3.05, 3.63) is 59.2 Å². The Labute approximate surface area is 161 Å². The minimum absolute atomic E-state index is 0.217. The molecule has 2 aromatic rings. The quantitative estimate of drug-likeness (QED) is 0.604. The fraction of sp³-hybridized carbons (Fsp3) is 0.200. The molecular formula is C20H18N2O6. The van der Waals surface area contributed by atoms with Crippen LogP contribution >= 0.6 is 0 Å². The molecule has 0 radical (unpaired) electrons. The zero-order valence-corrected chi connectivity index (χ0v) is 15.4. The van der Waals surface area contributed by atoms with E-state index in [0.717, 1.165) is 10.5 Å². The maximum Gasteiger partial charge on any atom is 0.344 e. The average Bonchev–Trinajstić information content (AvgIpc) is 2.89. The van der Waals surface area contributed by atoms with Crippen molar-refractivity contribution in [2.45, 2.75) is 6.92 Å². The van der Waals surface area contributed by atoms with Gasteiger partial charge in [-0.05, 0) is 42.8 Å². The van der Waals surface area contributed by atoms with E-state index in [1.165, 1.54) is 25.2 Å². The van der Waals surface area contributed by atoms with E-state index in [-0.39, 0.29) is 23.6 Å². The van der Waals surface area contributed by atoms with Crippen LogP contribution in [0.1, 0.15) is 26.3 Å². The molecule has 144 valence electrons. The number of aryl methyl sites for hydroxylation is 1. The van der Waals surface area contributed by atoms with Gasteiger partial charge in [0.15, 0.2) is 13.2 Å². The number of imide groups is 1. The number of ether oxygens (including phenoxy) is 2. The Balaban J connectivity index is 1.49. The third-order valence-corrected chi connectivity index (χ3v) is 4.08. The van der Waals surface area contributed by atoms with Gasteiger partial charge in [0.1, 0.15) is 5.75 Å². The lowest BCUT2D eigenvalue weighted by Crippen LogP contribution is -2.24. The smallest absolute Gasteiger partial charge is 0.344 e. The van der Waals surface area contributed by atoms with Gasteiger partial charge in [0.2, 0.25) is 0 Å². The summed E-state index contributed by atoms with van der Waals surface area (Å²) in [5.74, 6) is -1.55. The second-order valence-electron chi connectivity index (χ2n) is 6.24. The Hall–Kier alpha value is -3.68. The molecule has 0 spiro atoms. The van der Waals surface area contributed by atoms with Crippen LogP contribution in [0.25, 0.3) is 0 Å². The fourth-order valence-corrected chi connectivity index (χ4v) is 2.67. The van der Waals surface area contributed by atoms with E-state index in [1.54, 1.807) is 18.2 Å². The summed E-state index contributed by atoms with van der Waals surface area (Å²) in [4.78, 5) is 48.5. The summed E-state index contributed by atoms with van der Waals surface area (Å²) >= 11 is 0. The van der Waals surface area contributed by atoms with Crippen molar-refractivity contribution in [2.75, 3.05) is 25.6 Å². The number of nitrogens with one attached hydrogen (secondary N) is 1. The number of hydrogen-bond acceptors (Lipinski definition) is 6. The summed E-state index contributed by atoms with van der Waals surface area (Å²) in [7, 11) is 1.39. The molecule has 0 fully saturated rings. The molecule has 1 N–H and O–H groups in total. The van der Waals surface area contributed by atoms with Gasteiger partial charge in [-0.3, -0.25) is 19.3 Å². The maximum absolute atomic E-state index is 12.0. The molecule has 0 bridgehead atoms. The molecule has 0 aromatic heterocycles. The van der Waals surface area contributed by atoms with E-state index in [9.17, 15) is 19.2 Å². The molecule has 8 heteroatoms. The van der Waals surface area contributed by atoms with E-state index >= 15 is 0 Å². The molecule has 2 aromatic carbocycles. The molecule has 0 saturated heterocycles. The zero-order valence-electron chi connectivity index (χ0n) is 15.4. The zero-order chi connectivity index (χ0) is 20.3. The fourth-order valence-electron chi connectivity index (χ4n) is 2.67. The van der Waals surface area contributed by atoms with E-state index in [1.807, 2.05) is 13.0 Å². The number of esters is 1. The predicted molar refractivity (Wildman–Crippen MR) is 99.1 cm³/mol. The molecule has 0 aliphatic carbocycles. The Morgan fingerprint density at radius 1 is 1.00 bits per heavy atom. The van der Waals surface area contributed by atoms with Gasteiger partial charge in [0, 0.05) is 12.7 Å². The second kappa shape index (κ2) is 7.91. The summed E-state index contributed by atoms with van der Waals surface area (Å²) in [5, 5.41) is 2.52. The van der Waals surface area contributed by atoms with Crippen LogP contribution in [-0.4, -0.2) is 48.9 Å². The van der Waals surface area contributed by atoms with Crippen molar-refractivity contribution < 1.29 is 28.7 Å². The Morgan fingerprint density at radius 3 is 2.50 bits per heavy atom. The number of anilines is 1. The van der Waals surface area contributed by atoms with Crippen LogP contribution in [0.2, 0.25) is 0 Å². The molecule has 1 aliphatic rings. The summed E-state index contributed by atoms with van der Waals surface area (Å²) in [6.07, 6.45) is 0. The molecule has 0 saturated carbocycles. The van der Waals surface area contributed by atoms with Crippen LogP contribution in [0.5, 0.6) is 5.75 Å². The number of amides is 3. The number of carbonyl (C=O) groups is 4. The molecule has 1 heterocycles. The van der Waals surface area contributed by atoms with Crippen molar-refractivity contribution in [3.63, 3.8) is 0 Å². The van der Waals surface area contributed by atoms with E-state index < -0.39 is 24.4 Å². The van der Waals surface area contributed by atoms with Crippen LogP contribution in [0, 0.1) is 6.92 Å². The lowest BCUT2D eigenvalue weighted by atomic mass is 10.1. The molecular weight excluding hydrogens is 364 g/mol. The Bertz CT molecular complexity index is 969. The number of benzene rings is 2. The average molecular weight is 382 g/mol. The van der Waals surface area contributed by atoms with Crippen molar-refractivity contribution in [1.29, 1.82) is 0 Å². The summed E-state index contributed by atoms with van der Waals surface area (Å²) in [6, 6.07) is 11.6. The predicted octanol–water partition coefficient (Wildman–Crippen LogP) is 1.78. The largest absolute Gasteiger partial charge is 0.482 e. The SMILES string of the molecule is Cc1cccc(OCC(=O)OCC(=O)Nc2ccc3c(c2)C(=O)N(C)C3=O)c1. The first-order valence-electron chi connectivity index (χ1n) is 8.46. The summed E-state index contributed by atoms with van der Waals surface area (Å²) in [5.41, 5.74) is 1.82. The maximum atomic E-state index is 12.0. The lowest BCUT2D eigenvalue weighted by molar-refractivity contribution is -0.149. The summed E-state index contributed by atoms with van der Waals surface area (Å²) in [6.45, 7) is 1.08. The van der Waals surface area contributed by atoms with Crippen LogP contribution in [0.3, 0.4) is 0 Å². The topological polar surface area (TPSA) is 102 Å². The van der Waals surface area contributed by atoms with Gasteiger partial charge in [0.25, 0.3) is 17.7 Å². The summed E-state index contributed by atoms with van der Waals surface area (Å²) < 4.78 is 10.2. The number of hydrogen-bond donors (Lipinski definition) is 1. The highest BCUT2D eigenvalue weighted by atomic mass is 16.6. The first-order valence-corrected chi connectivity index (χ1v) is 8.46. The van der Waals surface area contributed by atoms with Crippen LogP contribution in [-0.2, 0) is 14.3 Å².